The van der Waals surface area contributed by atoms with Gasteiger partial charge >= 0.3 is 0 Å². The van der Waals surface area contributed by atoms with Crippen molar-refractivity contribution in [3.05, 3.63) is 54.9 Å². The number of rotatable bonds is 8. The van der Waals surface area contributed by atoms with E-state index >= 15 is 0 Å². The van der Waals surface area contributed by atoms with E-state index in [1.54, 1.807) is 0 Å². The number of imidazole rings is 1. The number of benzene rings is 1. The van der Waals surface area contributed by atoms with Crippen LogP contribution in [0.15, 0.2) is 54.9 Å². The molecule has 1 fully saturated rings. The van der Waals surface area contributed by atoms with Crippen LogP contribution < -0.4 is 16.0 Å². The molecule has 0 bridgehead atoms. The van der Waals surface area contributed by atoms with Crippen molar-refractivity contribution in [1.82, 2.24) is 19.5 Å². The largest absolute Gasteiger partial charge is 0.351 e. The Morgan fingerprint density at radius 2 is 1.89 bits per heavy atom. The summed E-state index contributed by atoms with van der Waals surface area (Å²) in [5, 5.41) is 9.76. The van der Waals surface area contributed by atoms with Gasteiger partial charge in [-0.3, -0.25) is 4.79 Å². The Balaban J connectivity index is 1.60. The third kappa shape index (κ3) is 6.07. The van der Waals surface area contributed by atoms with Gasteiger partial charge in [-0.15, -0.1) is 0 Å². The molecule has 184 valence electrons. The van der Waals surface area contributed by atoms with Crippen LogP contribution in [0.25, 0.3) is 11.2 Å². The van der Waals surface area contributed by atoms with E-state index in [0.29, 0.717) is 34.9 Å². The molecule has 35 heavy (non-hydrogen) atoms. The molecule has 1 aliphatic rings. The fourth-order valence-electron chi connectivity index (χ4n) is 4.54. The van der Waals surface area contributed by atoms with E-state index in [1.807, 2.05) is 30.6 Å². The zero-order valence-corrected chi connectivity index (χ0v) is 21.0. The average Bonchev–Trinajstić information content (AvgIpc) is 3.25. The molecule has 2 aromatic heterocycles. The zero-order chi connectivity index (χ0) is 24.9. The van der Waals surface area contributed by atoms with Crippen molar-refractivity contribution in [1.29, 1.82) is 0 Å². The van der Waals surface area contributed by atoms with Crippen molar-refractivity contribution in [3.8, 4) is 0 Å². The molecule has 1 aromatic carbocycles. The highest BCUT2D eigenvalue weighted by Crippen LogP contribution is 2.30. The minimum atomic E-state index is -0.256. The van der Waals surface area contributed by atoms with Crippen LogP contribution in [0.4, 0.5) is 23.1 Å². The quantitative estimate of drug-likeness (QED) is 0.266. The van der Waals surface area contributed by atoms with Gasteiger partial charge in [0.05, 0.1) is 6.33 Å². The summed E-state index contributed by atoms with van der Waals surface area (Å²) in [6, 6.07) is 8.04. The van der Waals surface area contributed by atoms with Gasteiger partial charge < -0.3 is 20.5 Å². The van der Waals surface area contributed by atoms with Crippen LogP contribution in [0.3, 0.4) is 0 Å². The molecule has 1 saturated carbocycles. The van der Waals surface area contributed by atoms with E-state index in [1.165, 1.54) is 24.5 Å². The summed E-state index contributed by atoms with van der Waals surface area (Å²) in [4.78, 5) is 26.0. The summed E-state index contributed by atoms with van der Waals surface area (Å²) < 4.78 is 2.06. The number of fused-ring (bicyclic) bond motifs is 1. The molecule has 0 aliphatic heterocycles. The molecule has 0 atom stereocenters. The summed E-state index contributed by atoms with van der Waals surface area (Å²) in [5.74, 6) is 1.63. The third-order valence-corrected chi connectivity index (χ3v) is 6.23. The van der Waals surface area contributed by atoms with E-state index in [2.05, 4.69) is 65.9 Å². The van der Waals surface area contributed by atoms with Gasteiger partial charge in [-0.1, -0.05) is 24.3 Å². The van der Waals surface area contributed by atoms with Crippen LogP contribution in [-0.2, 0) is 4.79 Å². The number of anilines is 4. The fourth-order valence-corrected chi connectivity index (χ4v) is 4.54. The van der Waals surface area contributed by atoms with E-state index in [9.17, 15) is 4.79 Å². The first-order valence-corrected chi connectivity index (χ1v) is 12.3. The van der Waals surface area contributed by atoms with E-state index < -0.39 is 0 Å². The van der Waals surface area contributed by atoms with Crippen molar-refractivity contribution in [2.45, 2.75) is 65.5 Å². The topological polar surface area (TPSA) is 96.8 Å². The molecule has 0 unspecified atom stereocenters. The lowest BCUT2D eigenvalue weighted by atomic mass is 9.85. The number of aromatic nitrogens is 4. The lowest BCUT2D eigenvalue weighted by Crippen LogP contribution is -2.26. The first kappa shape index (κ1) is 24.4. The predicted octanol–water partition coefficient (Wildman–Crippen LogP) is 6.21. The van der Waals surface area contributed by atoms with Gasteiger partial charge in [0.2, 0.25) is 11.9 Å². The van der Waals surface area contributed by atoms with Gasteiger partial charge in [0, 0.05) is 23.5 Å². The SMILES string of the molecule is C=CC(=O)Nc1cccc(Nc2nc(NC3CCC(C=C(C)C)CC3)nc3c2ncn3C(C)C)c1. The average molecular weight is 474 g/mol. The Morgan fingerprint density at radius 3 is 2.57 bits per heavy atom. The van der Waals surface area contributed by atoms with Gasteiger partial charge in [0.15, 0.2) is 17.0 Å². The molecule has 8 nitrogen and oxygen atoms in total. The standard InChI is InChI=1S/C27H35N7O/c1-6-23(35)29-21-8-7-9-22(15-21)30-25-24-26(34(16-28-24)18(4)5)33-27(32-25)31-20-12-10-19(11-13-20)14-17(2)3/h6-9,14-16,18-20H,1,10-13H2,2-5H3,(H,29,35)(H2,30,31,32,33). The van der Waals surface area contributed by atoms with Crippen LogP contribution in [0.2, 0.25) is 0 Å². The highest BCUT2D eigenvalue weighted by Gasteiger charge is 2.22. The number of hydrogen-bond donors (Lipinski definition) is 3. The molecule has 0 spiro atoms. The van der Waals surface area contributed by atoms with Crippen LogP contribution >= 0.6 is 0 Å². The van der Waals surface area contributed by atoms with Crippen molar-refractivity contribution >= 4 is 40.2 Å². The number of hydrogen-bond acceptors (Lipinski definition) is 6. The number of amides is 1. The second kappa shape index (κ2) is 10.7. The summed E-state index contributed by atoms with van der Waals surface area (Å²) in [6.45, 7) is 12.1. The van der Waals surface area contributed by atoms with Gasteiger partial charge in [0.25, 0.3) is 0 Å². The number of allylic oxidation sites excluding steroid dienone is 2. The van der Waals surface area contributed by atoms with Gasteiger partial charge in [-0.2, -0.15) is 9.97 Å². The minimum Gasteiger partial charge on any atom is -0.351 e. The Hall–Kier alpha value is -3.68. The van der Waals surface area contributed by atoms with Crippen LogP contribution in [0.5, 0.6) is 0 Å². The summed E-state index contributed by atoms with van der Waals surface area (Å²) in [5.41, 5.74) is 4.34. The van der Waals surface area contributed by atoms with Crippen molar-refractivity contribution in [3.63, 3.8) is 0 Å². The number of carbonyl (C=O) groups excluding carboxylic acids is 1. The number of nitrogens with zero attached hydrogens (tertiary/aromatic N) is 4. The van der Waals surface area contributed by atoms with Crippen molar-refractivity contribution in [2.75, 3.05) is 16.0 Å². The normalized spacial score (nSPS) is 17.7. The zero-order valence-electron chi connectivity index (χ0n) is 21.0. The summed E-state index contributed by atoms with van der Waals surface area (Å²) in [7, 11) is 0. The fraction of sp³-hybridized carbons (Fsp3) is 0.407. The molecule has 2 heterocycles. The van der Waals surface area contributed by atoms with Crippen LogP contribution in [-0.4, -0.2) is 31.5 Å². The minimum absolute atomic E-state index is 0.215. The number of carbonyl (C=O) groups is 1. The Morgan fingerprint density at radius 1 is 1.14 bits per heavy atom. The maximum atomic E-state index is 11.7. The molecular formula is C27H35N7O. The predicted molar refractivity (Wildman–Crippen MR) is 143 cm³/mol. The first-order chi connectivity index (χ1) is 16.8. The highest BCUT2D eigenvalue weighted by molar-refractivity contribution is 5.99. The molecule has 1 aliphatic carbocycles. The second-order valence-corrected chi connectivity index (χ2v) is 9.71. The molecule has 3 N–H and O–H groups in total. The maximum absolute atomic E-state index is 11.7. The van der Waals surface area contributed by atoms with E-state index in [0.717, 1.165) is 24.2 Å². The highest BCUT2D eigenvalue weighted by atomic mass is 16.1. The van der Waals surface area contributed by atoms with E-state index in [4.69, 9.17) is 9.97 Å². The molecule has 8 heteroatoms. The molecule has 0 saturated heterocycles. The van der Waals surface area contributed by atoms with Gasteiger partial charge in [-0.25, -0.2) is 4.98 Å². The molecular weight excluding hydrogens is 438 g/mol. The molecule has 1 amide bonds. The molecule has 3 aromatic rings. The Bertz CT molecular complexity index is 1230. The van der Waals surface area contributed by atoms with Gasteiger partial charge in [-0.05, 0) is 83.6 Å². The lowest BCUT2D eigenvalue weighted by Gasteiger charge is -2.28. The van der Waals surface area contributed by atoms with Crippen molar-refractivity contribution in [2.24, 2.45) is 5.92 Å². The monoisotopic (exact) mass is 473 g/mol. The first-order valence-electron chi connectivity index (χ1n) is 12.3. The number of nitrogens with one attached hydrogen (secondary N) is 3. The van der Waals surface area contributed by atoms with Crippen molar-refractivity contribution < 1.29 is 4.79 Å². The molecule has 4 rings (SSSR count). The van der Waals surface area contributed by atoms with Gasteiger partial charge in [0.1, 0.15) is 0 Å². The second-order valence-electron chi connectivity index (χ2n) is 9.71. The van der Waals surface area contributed by atoms with Crippen LogP contribution in [0, 0.1) is 5.92 Å². The Kier molecular flexibility index (Phi) is 7.48. The maximum Gasteiger partial charge on any atom is 0.247 e. The van der Waals surface area contributed by atoms with Crippen LogP contribution in [0.1, 0.15) is 59.4 Å². The third-order valence-electron chi connectivity index (χ3n) is 6.23. The lowest BCUT2D eigenvalue weighted by molar-refractivity contribution is -0.111. The summed E-state index contributed by atoms with van der Waals surface area (Å²) in [6.07, 6.45) is 9.97. The van der Waals surface area contributed by atoms with E-state index in [-0.39, 0.29) is 11.9 Å². The Labute approximate surface area is 207 Å². The smallest absolute Gasteiger partial charge is 0.247 e. The summed E-state index contributed by atoms with van der Waals surface area (Å²) >= 11 is 0. The molecule has 0 radical (unpaired) electrons.